The van der Waals surface area contributed by atoms with Gasteiger partial charge in [-0.1, -0.05) is 90.4 Å². The Morgan fingerprint density at radius 3 is 1.65 bits per heavy atom. The first-order valence-electron chi connectivity index (χ1n) is 19.4. The minimum Gasteiger partial charge on any atom is -0.464 e. The van der Waals surface area contributed by atoms with Crippen molar-refractivity contribution in [2.24, 2.45) is 0 Å². The number of unbranched alkanes of at least 4 members (excludes halogenated alkanes) is 17. The van der Waals surface area contributed by atoms with Crippen LogP contribution in [0.25, 0.3) is 0 Å². The average Bonchev–Trinajstić information content (AvgIpc) is 3.02. The fraction of sp³-hybridized carbons (Fsp3) is 0.919. The lowest BCUT2D eigenvalue weighted by Crippen LogP contribution is -2.41. The maximum absolute atomic E-state index is 12.6. The number of nitrogens with one attached hydrogen (secondary N) is 2. The van der Waals surface area contributed by atoms with Gasteiger partial charge >= 0.3 is 5.97 Å². The topological polar surface area (TPSA) is 139 Å². The third-order valence-corrected chi connectivity index (χ3v) is 9.79. The molecule has 0 radical (unpaired) electrons. The number of hydrogen-bond acceptors (Lipinski definition) is 6. The summed E-state index contributed by atoms with van der Waals surface area (Å²) < 4.78 is 36.6. The molecule has 0 saturated heterocycles. The van der Waals surface area contributed by atoms with Crippen LogP contribution in [-0.2, 0) is 29.2 Å². The lowest BCUT2D eigenvalue weighted by atomic mass is 10.1. The van der Waals surface area contributed by atoms with E-state index in [9.17, 15) is 22.8 Å². The van der Waals surface area contributed by atoms with Crippen molar-refractivity contribution >= 4 is 27.9 Å². The van der Waals surface area contributed by atoms with Crippen molar-refractivity contribution in [3.05, 3.63) is 0 Å². The number of rotatable bonds is 34. The van der Waals surface area contributed by atoms with E-state index in [0.717, 1.165) is 81.8 Å². The largest absolute Gasteiger partial charge is 0.464 e. The van der Waals surface area contributed by atoms with E-state index in [2.05, 4.69) is 31.7 Å². The molecule has 0 aromatic rings. The van der Waals surface area contributed by atoms with E-state index in [1.165, 1.54) is 64.2 Å². The summed E-state index contributed by atoms with van der Waals surface area (Å²) in [5.74, 6) is -0.563. The highest BCUT2D eigenvalue weighted by Gasteiger charge is 2.21. The number of carbonyl (C=O) groups excluding carboxylic acids is 3. The van der Waals surface area contributed by atoms with Crippen molar-refractivity contribution in [3.63, 3.8) is 0 Å². The normalized spacial score (nSPS) is 12.5. The molecule has 0 rings (SSSR count). The highest BCUT2D eigenvalue weighted by molar-refractivity contribution is 7.85. The zero-order valence-corrected chi connectivity index (χ0v) is 32.2. The average molecular weight is 705 g/mol. The fourth-order valence-corrected chi connectivity index (χ4v) is 6.54. The van der Waals surface area contributed by atoms with Gasteiger partial charge in [-0.25, -0.2) is 4.79 Å². The smallest absolute Gasteiger partial charge is 0.328 e. The molecule has 284 valence electrons. The Morgan fingerprint density at radius 1 is 0.646 bits per heavy atom. The predicted octanol–water partition coefficient (Wildman–Crippen LogP) is 7.50. The zero-order chi connectivity index (χ0) is 35.9. The van der Waals surface area contributed by atoms with Crippen molar-refractivity contribution in [1.82, 2.24) is 10.6 Å². The van der Waals surface area contributed by atoms with Crippen LogP contribution < -0.4 is 10.6 Å². The van der Waals surface area contributed by atoms with E-state index in [4.69, 9.17) is 9.29 Å². The molecule has 0 aliphatic rings. The Morgan fingerprint density at radius 2 is 1.12 bits per heavy atom. The zero-order valence-electron chi connectivity index (χ0n) is 31.3. The van der Waals surface area contributed by atoms with E-state index in [-0.39, 0.29) is 30.1 Å². The van der Waals surface area contributed by atoms with E-state index < -0.39 is 16.2 Å². The SMILES string of the molecule is CCCCCCCCCCCC(=O)NCCCC[C@H](NC(=O)CCCCCCCCCC[N+](C)(C)CCCCS(=O)(=O)O)C(=O)OCC. The maximum atomic E-state index is 12.6. The molecule has 0 aromatic carbocycles. The number of ether oxygens (including phenoxy) is 1. The van der Waals surface area contributed by atoms with Crippen LogP contribution in [0.15, 0.2) is 0 Å². The van der Waals surface area contributed by atoms with E-state index in [0.29, 0.717) is 32.2 Å². The summed E-state index contributed by atoms with van der Waals surface area (Å²) >= 11 is 0. The quantitative estimate of drug-likeness (QED) is 0.0273. The van der Waals surface area contributed by atoms with E-state index >= 15 is 0 Å². The van der Waals surface area contributed by atoms with Crippen molar-refractivity contribution in [2.45, 2.75) is 174 Å². The molecule has 2 amide bonds. The molecule has 11 heteroatoms. The molecule has 0 saturated carbocycles. The number of nitrogens with zero attached hydrogens (tertiary/aromatic N) is 1. The van der Waals surface area contributed by atoms with Crippen molar-refractivity contribution in [2.75, 3.05) is 46.1 Å². The second-order valence-corrected chi connectivity index (χ2v) is 15.8. The van der Waals surface area contributed by atoms with Gasteiger partial charge in [0.05, 0.1) is 39.5 Å². The molecular weight excluding hydrogens is 630 g/mol. The first-order chi connectivity index (χ1) is 22.9. The van der Waals surface area contributed by atoms with Crippen LogP contribution in [0.1, 0.15) is 168 Å². The first-order valence-corrected chi connectivity index (χ1v) is 21.0. The summed E-state index contributed by atoms with van der Waals surface area (Å²) in [5, 5.41) is 5.87. The number of carbonyl (C=O) groups is 3. The molecule has 1 atom stereocenters. The molecule has 0 heterocycles. The summed E-state index contributed by atoms with van der Waals surface area (Å²) in [6, 6.07) is -0.643. The maximum Gasteiger partial charge on any atom is 0.328 e. The molecular formula is C37H74N3O7S+. The minimum absolute atomic E-state index is 0.0950. The van der Waals surface area contributed by atoms with Crippen LogP contribution in [0.4, 0.5) is 0 Å². The fourth-order valence-electron chi connectivity index (χ4n) is 5.97. The highest BCUT2D eigenvalue weighted by Crippen LogP contribution is 2.13. The highest BCUT2D eigenvalue weighted by atomic mass is 32.2. The Balaban J connectivity index is 3.94. The van der Waals surface area contributed by atoms with Gasteiger partial charge in [0, 0.05) is 19.4 Å². The van der Waals surface area contributed by atoms with Gasteiger partial charge in [-0.15, -0.1) is 0 Å². The number of hydrogen-bond donors (Lipinski definition) is 3. The molecule has 0 unspecified atom stereocenters. The van der Waals surface area contributed by atoms with Gasteiger partial charge < -0.3 is 19.9 Å². The lowest BCUT2D eigenvalue weighted by Gasteiger charge is -2.29. The van der Waals surface area contributed by atoms with Gasteiger partial charge in [0.1, 0.15) is 6.04 Å². The summed E-state index contributed by atoms with van der Waals surface area (Å²) in [7, 11) is 0.475. The van der Waals surface area contributed by atoms with Gasteiger partial charge in [-0.05, 0) is 64.7 Å². The molecule has 0 fully saturated rings. The van der Waals surface area contributed by atoms with Crippen molar-refractivity contribution in [1.29, 1.82) is 0 Å². The minimum atomic E-state index is -3.86. The van der Waals surface area contributed by atoms with Gasteiger partial charge in [-0.3, -0.25) is 14.1 Å². The Bertz CT molecular complexity index is 928. The van der Waals surface area contributed by atoms with Crippen LogP contribution >= 0.6 is 0 Å². The monoisotopic (exact) mass is 705 g/mol. The van der Waals surface area contributed by atoms with Gasteiger partial charge in [-0.2, -0.15) is 8.42 Å². The van der Waals surface area contributed by atoms with Crippen molar-refractivity contribution < 1.29 is 36.6 Å². The van der Waals surface area contributed by atoms with Crippen LogP contribution in [0.5, 0.6) is 0 Å². The van der Waals surface area contributed by atoms with Gasteiger partial charge in [0.25, 0.3) is 10.1 Å². The van der Waals surface area contributed by atoms with E-state index in [1.807, 2.05) is 0 Å². The molecule has 0 bridgehead atoms. The van der Waals surface area contributed by atoms with E-state index in [1.54, 1.807) is 6.92 Å². The third-order valence-electron chi connectivity index (χ3n) is 8.99. The second-order valence-electron chi connectivity index (χ2n) is 14.3. The van der Waals surface area contributed by atoms with Crippen molar-refractivity contribution in [3.8, 4) is 0 Å². The second kappa shape index (κ2) is 30.1. The summed E-state index contributed by atoms with van der Waals surface area (Å²) in [4.78, 5) is 37.2. The summed E-state index contributed by atoms with van der Waals surface area (Å²) in [5.41, 5.74) is 0. The molecule has 0 aliphatic carbocycles. The summed E-state index contributed by atoms with van der Waals surface area (Å²) in [6.07, 6.45) is 24.0. The lowest BCUT2D eigenvalue weighted by molar-refractivity contribution is -0.890. The number of amides is 2. The molecule has 0 aromatic heterocycles. The standard InChI is InChI=1S/C37H73N3O7S/c1-5-7-8-9-10-11-14-17-20-28-35(41)38-30-23-22-27-34(37(43)47-6-2)39-36(42)29-21-18-15-12-13-16-19-24-31-40(3,4)32-25-26-33-48(44,45)46/h34H,5-33H2,1-4H3,(H2-,38,39,41,42,44,45,46)/p+1/t34-/m0/s1. The van der Waals surface area contributed by atoms with Gasteiger partial charge in [0.2, 0.25) is 11.8 Å². The Kier molecular flexibility index (Phi) is 29.1. The van der Waals surface area contributed by atoms with Crippen LogP contribution in [0, 0.1) is 0 Å². The molecule has 0 spiro atoms. The number of esters is 1. The van der Waals surface area contributed by atoms with Gasteiger partial charge in [0.15, 0.2) is 0 Å². The molecule has 3 N–H and O–H groups in total. The Labute approximate surface area is 294 Å². The first kappa shape index (κ1) is 46.3. The molecule has 10 nitrogen and oxygen atoms in total. The number of quaternary nitrogens is 1. The van der Waals surface area contributed by atoms with Crippen LogP contribution in [0.2, 0.25) is 0 Å². The Hall–Kier alpha value is -1.72. The third kappa shape index (κ3) is 31.5. The van der Waals surface area contributed by atoms with Crippen LogP contribution in [-0.4, -0.2) is 87.4 Å². The summed E-state index contributed by atoms with van der Waals surface area (Å²) in [6.45, 7) is 6.82. The predicted molar refractivity (Wildman–Crippen MR) is 196 cm³/mol. The molecule has 0 aliphatic heterocycles. The molecule has 48 heavy (non-hydrogen) atoms. The van der Waals surface area contributed by atoms with Crippen LogP contribution in [0.3, 0.4) is 0 Å².